The van der Waals surface area contributed by atoms with Gasteiger partial charge in [0.25, 0.3) is 5.91 Å². The molecule has 0 bridgehead atoms. The van der Waals surface area contributed by atoms with E-state index < -0.39 is 25.1 Å². The Balaban J connectivity index is 1.45. The number of halogens is 3. The van der Waals surface area contributed by atoms with Gasteiger partial charge in [0.05, 0.1) is 15.1 Å². The van der Waals surface area contributed by atoms with E-state index >= 15 is 0 Å². The van der Waals surface area contributed by atoms with Crippen molar-refractivity contribution in [2.45, 2.75) is 0 Å². The minimum Gasteiger partial charge on any atom is -0.486 e. The zero-order valence-electron chi connectivity index (χ0n) is 14.3. The number of hydrogen-bond donors (Lipinski definition) is 1. The molecule has 0 saturated carbocycles. The summed E-state index contributed by atoms with van der Waals surface area (Å²) in [6.45, 7) is -0.0181. The van der Waals surface area contributed by atoms with Crippen molar-refractivity contribution in [2.24, 2.45) is 0 Å². The summed E-state index contributed by atoms with van der Waals surface area (Å²) < 4.78 is 20.9. The Bertz CT molecular complexity index is 905. The van der Waals surface area contributed by atoms with Crippen molar-refractivity contribution in [1.29, 1.82) is 0 Å². The summed E-state index contributed by atoms with van der Waals surface area (Å²) in [5.74, 6) is 0.0487. The monoisotopic (exact) mass is 445 g/mol. The highest BCUT2D eigenvalue weighted by molar-refractivity contribution is 6.43. The molecule has 148 valence electrons. The molecule has 0 aromatic heterocycles. The lowest BCUT2D eigenvalue weighted by atomic mass is 10.2. The van der Waals surface area contributed by atoms with Crippen LogP contribution in [0.1, 0.15) is 0 Å². The maximum absolute atomic E-state index is 11.9. The van der Waals surface area contributed by atoms with Crippen LogP contribution in [-0.2, 0) is 14.3 Å². The van der Waals surface area contributed by atoms with Crippen LogP contribution >= 0.6 is 34.8 Å². The van der Waals surface area contributed by atoms with E-state index in [1.165, 1.54) is 12.1 Å². The molecule has 0 saturated heterocycles. The lowest BCUT2D eigenvalue weighted by molar-refractivity contribution is -0.149. The summed E-state index contributed by atoms with van der Waals surface area (Å²) in [5, 5.41) is 3.28. The highest BCUT2D eigenvalue weighted by atomic mass is 35.5. The molecule has 1 aliphatic heterocycles. The Hall–Kier alpha value is -2.35. The Morgan fingerprint density at radius 1 is 0.929 bits per heavy atom. The molecule has 0 radical (unpaired) electrons. The number of rotatable bonds is 6. The van der Waals surface area contributed by atoms with E-state index in [0.717, 1.165) is 0 Å². The zero-order chi connectivity index (χ0) is 20.1. The van der Waals surface area contributed by atoms with Gasteiger partial charge >= 0.3 is 5.97 Å². The third-order valence-corrected chi connectivity index (χ3v) is 4.53. The highest BCUT2D eigenvalue weighted by Gasteiger charge is 2.14. The predicted octanol–water partition coefficient (Wildman–Crippen LogP) is 3.98. The standard InChI is InChI=1S/C18H14Cl3NO6/c19-11-6-13(21)15(7-12(11)20)27-9-18(24)28-8-17(23)22-10-1-2-14-16(5-10)26-4-3-25-14/h1-2,5-7H,3-4,8-9H2,(H,22,23). The van der Waals surface area contributed by atoms with Gasteiger partial charge in [-0.3, -0.25) is 4.79 Å². The quantitative estimate of drug-likeness (QED) is 0.534. The Morgan fingerprint density at radius 3 is 2.43 bits per heavy atom. The largest absolute Gasteiger partial charge is 0.486 e. The smallest absolute Gasteiger partial charge is 0.344 e. The Labute approximate surface area is 175 Å². The third-order valence-electron chi connectivity index (χ3n) is 3.51. The fraction of sp³-hybridized carbons (Fsp3) is 0.222. The van der Waals surface area contributed by atoms with Gasteiger partial charge in [0.15, 0.2) is 24.7 Å². The van der Waals surface area contributed by atoms with Crippen molar-refractivity contribution < 1.29 is 28.5 Å². The molecular weight excluding hydrogens is 433 g/mol. The van der Waals surface area contributed by atoms with Gasteiger partial charge in [0.1, 0.15) is 19.0 Å². The van der Waals surface area contributed by atoms with Gasteiger partial charge in [-0.2, -0.15) is 0 Å². The first-order valence-corrected chi connectivity index (χ1v) is 9.18. The molecule has 10 heteroatoms. The molecule has 0 spiro atoms. The molecule has 1 aliphatic rings. The van der Waals surface area contributed by atoms with Crippen molar-refractivity contribution >= 4 is 52.4 Å². The average molecular weight is 447 g/mol. The second kappa shape index (κ2) is 9.23. The van der Waals surface area contributed by atoms with Crippen molar-refractivity contribution in [3.8, 4) is 17.2 Å². The summed E-state index contributed by atoms with van der Waals surface area (Å²) in [7, 11) is 0. The lowest BCUT2D eigenvalue weighted by Gasteiger charge is -2.19. The fourth-order valence-electron chi connectivity index (χ4n) is 2.26. The summed E-state index contributed by atoms with van der Waals surface area (Å²) in [6.07, 6.45) is 0. The molecule has 7 nitrogen and oxygen atoms in total. The van der Waals surface area contributed by atoms with Crippen molar-refractivity contribution in [3.05, 3.63) is 45.4 Å². The topological polar surface area (TPSA) is 83.1 Å². The van der Waals surface area contributed by atoms with Gasteiger partial charge in [-0.1, -0.05) is 34.8 Å². The molecule has 1 heterocycles. The van der Waals surface area contributed by atoms with E-state index in [1.54, 1.807) is 18.2 Å². The van der Waals surface area contributed by atoms with Gasteiger partial charge < -0.3 is 24.3 Å². The highest BCUT2D eigenvalue weighted by Crippen LogP contribution is 2.34. The summed E-state index contributed by atoms with van der Waals surface area (Å²) in [4.78, 5) is 23.7. The van der Waals surface area contributed by atoms with E-state index in [-0.39, 0.29) is 20.8 Å². The number of carbonyl (C=O) groups excluding carboxylic acids is 2. The molecule has 0 fully saturated rings. The van der Waals surface area contributed by atoms with Crippen molar-refractivity contribution in [2.75, 3.05) is 31.7 Å². The number of fused-ring (bicyclic) bond motifs is 1. The van der Waals surface area contributed by atoms with Crippen LogP contribution in [0.25, 0.3) is 0 Å². The predicted molar refractivity (Wildman–Crippen MR) is 104 cm³/mol. The minimum absolute atomic E-state index is 0.175. The van der Waals surface area contributed by atoms with E-state index in [2.05, 4.69) is 5.32 Å². The molecule has 1 N–H and O–H groups in total. The number of hydrogen-bond acceptors (Lipinski definition) is 6. The van der Waals surface area contributed by atoms with Crippen LogP contribution in [-0.4, -0.2) is 38.3 Å². The lowest BCUT2D eigenvalue weighted by Crippen LogP contribution is -2.24. The van der Waals surface area contributed by atoms with Crippen LogP contribution in [0.3, 0.4) is 0 Å². The number of esters is 1. The number of carbonyl (C=O) groups is 2. The molecule has 28 heavy (non-hydrogen) atoms. The van der Waals surface area contributed by atoms with E-state index in [4.69, 9.17) is 53.8 Å². The van der Waals surface area contributed by atoms with Gasteiger partial charge in [-0.25, -0.2) is 4.79 Å². The Kier molecular flexibility index (Phi) is 6.72. The van der Waals surface area contributed by atoms with Crippen molar-refractivity contribution in [1.82, 2.24) is 0 Å². The molecule has 2 aromatic rings. The van der Waals surface area contributed by atoms with E-state index in [0.29, 0.717) is 30.4 Å². The maximum atomic E-state index is 11.9. The number of ether oxygens (including phenoxy) is 4. The zero-order valence-corrected chi connectivity index (χ0v) is 16.6. The first-order valence-electron chi connectivity index (χ1n) is 8.05. The van der Waals surface area contributed by atoms with Gasteiger partial charge in [-0.15, -0.1) is 0 Å². The van der Waals surface area contributed by atoms with Crippen LogP contribution in [0.15, 0.2) is 30.3 Å². The summed E-state index contributed by atoms with van der Waals surface area (Å²) in [5.41, 5.74) is 0.490. The van der Waals surface area contributed by atoms with Crippen LogP contribution in [0.5, 0.6) is 17.2 Å². The van der Waals surface area contributed by atoms with Crippen LogP contribution < -0.4 is 19.5 Å². The molecule has 1 amide bonds. The minimum atomic E-state index is -0.750. The molecule has 3 rings (SSSR count). The van der Waals surface area contributed by atoms with E-state index in [1.807, 2.05) is 0 Å². The van der Waals surface area contributed by atoms with Crippen molar-refractivity contribution in [3.63, 3.8) is 0 Å². The molecule has 0 atom stereocenters. The maximum Gasteiger partial charge on any atom is 0.344 e. The van der Waals surface area contributed by atoms with Crippen LogP contribution in [0.4, 0.5) is 5.69 Å². The Morgan fingerprint density at radius 2 is 1.64 bits per heavy atom. The van der Waals surface area contributed by atoms with Gasteiger partial charge in [0.2, 0.25) is 0 Å². The van der Waals surface area contributed by atoms with Gasteiger partial charge in [0, 0.05) is 17.8 Å². The number of benzene rings is 2. The summed E-state index contributed by atoms with van der Waals surface area (Å²) >= 11 is 17.6. The number of anilines is 1. The number of nitrogens with one attached hydrogen (secondary N) is 1. The van der Waals surface area contributed by atoms with E-state index in [9.17, 15) is 9.59 Å². The number of amides is 1. The molecular formula is C18H14Cl3NO6. The third kappa shape index (κ3) is 5.34. The second-order valence-corrected chi connectivity index (χ2v) is 6.77. The second-order valence-electron chi connectivity index (χ2n) is 5.55. The molecule has 2 aromatic carbocycles. The molecule has 0 unspecified atom stereocenters. The normalized spacial score (nSPS) is 12.2. The average Bonchev–Trinajstić information content (AvgIpc) is 2.68. The first-order chi connectivity index (χ1) is 13.4. The molecule has 0 aliphatic carbocycles. The first kappa shape index (κ1) is 20.4. The SMILES string of the molecule is O=C(COC(=O)COc1cc(Cl)c(Cl)cc1Cl)Nc1ccc2c(c1)OCCO2. The van der Waals surface area contributed by atoms with Crippen LogP contribution in [0.2, 0.25) is 15.1 Å². The van der Waals surface area contributed by atoms with Gasteiger partial charge in [-0.05, 0) is 18.2 Å². The fourth-order valence-corrected chi connectivity index (χ4v) is 2.85. The van der Waals surface area contributed by atoms with Crippen LogP contribution in [0, 0.1) is 0 Å². The summed E-state index contributed by atoms with van der Waals surface area (Å²) in [6, 6.07) is 7.75.